The van der Waals surface area contributed by atoms with E-state index in [1.807, 2.05) is 20.0 Å². The quantitative estimate of drug-likeness (QED) is 0.627. The fourth-order valence-electron chi connectivity index (χ4n) is 2.82. The highest BCUT2D eigenvalue weighted by atomic mass is 16.3. The van der Waals surface area contributed by atoms with E-state index in [9.17, 15) is 0 Å². The molecule has 0 radical (unpaired) electrons. The Hall–Kier alpha value is -1.49. The van der Waals surface area contributed by atoms with Crippen molar-refractivity contribution in [3.63, 3.8) is 0 Å². The predicted octanol–water partition coefficient (Wildman–Crippen LogP) is 2.69. The first-order valence-electron chi connectivity index (χ1n) is 8.41. The van der Waals surface area contributed by atoms with Gasteiger partial charge in [0.15, 0.2) is 5.96 Å². The Balaban J connectivity index is 2.00. The van der Waals surface area contributed by atoms with Crippen LogP contribution in [0.15, 0.2) is 21.5 Å². The smallest absolute Gasteiger partial charge is 0.191 e. The van der Waals surface area contributed by atoms with Crippen LogP contribution in [0.25, 0.3) is 0 Å². The van der Waals surface area contributed by atoms with Gasteiger partial charge in [-0.15, -0.1) is 0 Å². The molecule has 2 heterocycles. The van der Waals surface area contributed by atoms with Crippen molar-refractivity contribution in [2.24, 2.45) is 4.99 Å². The lowest BCUT2D eigenvalue weighted by molar-refractivity contribution is 0.213. The molecule has 1 aromatic rings. The maximum Gasteiger partial charge on any atom is 0.191 e. The van der Waals surface area contributed by atoms with Crippen molar-refractivity contribution in [3.8, 4) is 0 Å². The maximum atomic E-state index is 5.88. The summed E-state index contributed by atoms with van der Waals surface area (Å²) in [6, 6.07) is 4.84. The predicted molar refractivity (Wildman–Crippen MR) is 91.2 cm³/mol. The largest absolute Gasteiger partial charge is 0.465 e. The molecule has 5 heteroatoms. The van der Waals surface area contributed by atoms with Crippen LogP contribution in [0, 0.1) is 6.92 Å². The summed E-state index contributed by atoms with van der Waals surface area (Å²) >= 11 is 0. The Bertz CT molecular complexity index is 477. The van der Waals surface area contributed by atoms with Gasteiger partial charge in [0, 0.05) is 19.6 Å². The van der Waals surface area contributed by atoms with E-state index in [2.05, 4.69) is 40.4 Å². The first-order chi connectivity index (χ1) is 10.6. The van der Waals surface area contributed by atoms with Crippen LogP contribution in [0.3, 0.4) is 0 Å². The van der Waals surface area contributed by atoms with E-state index in [1.165, 1.54) is 12.8 Å². The van der Waals surface area contributed by atoms with E-state index in [0.29, 0.717) is 6.04 Å². The van der Waals surface area contributed by atoms with Gasteiger partial charge in [0.2, 0.25) is 0 Å². The second kappa shape index (κ2) is 8.22. The van der Waals surface area contributed by atoms with E-state index in [1.54, 1.807) is 0 Å². The Morgan fingerprint density at radius 2 is 2.09 bits per heavy atom. The van der Waals surface area contributed by atoms with Crippen LogP contribution >= 0.6 is 0 Å². The molecule has 1 saturated heterocycles. The zero-order chi connectivity index (χ0) is 15.9. The van der Waals surface area contributed by atoms with E-state index in [-0.39, 0.29) is 6.04 Å². The summed E-state index contributed by atoms with van der Waals surface area (Å²) in [5.41, 5.74) is 0. The number of aryl methyl sites for hydroxylation is 1. The Morgan fingerprint density at radius 3 is 2.64 bits per heavy atom. The number of aliphatic imine (C=N–C) groups is 1. The summed E-state index contributed by atoms with van der Waals surface area (Å²) in [6.45, 7) is 9.43. The molecule has 0 bridgehead atoms. The van der Waals surface area contributed by atoms with Crippen LogP contribution in [0.5, 0.6) is 0 Å². The summed E-state index contributed by atoms with van der Waals surface area (Å²) in [7, 11) is 1.82. The summed E-state index contributed by atoms with van der Waals surface area (Å²) in [5.74, 6) is 2.88. The molecule has 1 fully saturated rings. The molecule has 0 saturated carbocycles. The molecule has 22 heavy (non-hydrogen) atoms. The SMILES string of the molecule is CCC(C)NC(=NC)NCC(c1ccc(C)o1)N1CCCC1. The monoisotopic (exact) mass is 306 g/mol. The number of nitrogens with zero attached hydrogens (tertiary/aromatic N) is 2. The zero-order valence-electron chi connectivity index (χ0n) is 14.4. The lowest BCUT2D eigenvalue weighted by Crippen LogP contribution is -2.45. The van der Waals surface area contributed by atoms with Crippen LogP contribution in [-0.4, -0.2) is 43.6 Å². The lowest BCUT2D eigenvalue weighted by Gasteiger charge is -2.27. The van der Waals surface area contributed by atoms with E-state index in [4.69, 9.17) is 4.42 Å². The Labute approximate surface area is 134 Å². The highest BCUT2D eigenvalue weighted by Gasteiger charge is 2.26. The first kappa shape index (κ1) is 16.9. The molecule has 1 aliphatic heterocycles. The minimum atomic E-state index is 0.270. The second-order valence-electron chi connectivity index (χ2n) is 6.11. The third-order valence-corrected chi connectivity index (χ3v) is 4.35. The van der Waals surface area contributed by atoms with Crippen molar-refractivity contribution < 1.29 is 4.42 Å². The van der Waals surface area contributed by atoms with Crippen LogP contribution in [0.4, 0.5) is 0 Å². The van der Waals surface area contributed by atoms with Crippen LogP contribution in [0.1, 0.15) is 50.7 Å². The van der Waals surface area contributed by atoms with E-state index >= 15 is 0 Å². The summed E-state index contributed by atoms with van der Waals surface area (Å²) in [4.78, 5) is 6.82. The van der Waals surface area contributed by atoms with Gasteiger partial charge < -0.3 is 15.1 Å². The van der Waals surface area contributed by atoms with Crippen molar-refractivity contribution >= 4 is 5.96 Å². The first-order valence-corrected chi connectivity index (χ1v) is 8.41. The average molecular weight is 306 g/mol. The second-order valence-corrected chi connectivity index (χ2v) is 6.11. The Kier molecular flexibility index (Phi) is 6.31. The van der Waals surface area contributed by atoms with E-state index < -0.39 is 0 Å². The molecule has 2 atom stereocenters. The van der Waals surface area contributed by atoms with Gasteiger partial charge in [-0.1, -0.05) is 6.92 Å². The molecule has 0 spiro atoms. The standard InChI is InChI=1S/C17H30N4O/c1-5-13(2)20-17(18-4)19-12-15(21-10-6-7-11-21)16-9-8-14(3)22-16/h8-9,13,15H,5-7,10-12H2,1-4H3,(H2,18,19,20). The molecule has 0 aliphatic carbocycles. The molecule has 2 rings (SSSR count). The molecule has 124 valence electrons. The Morgan fingerprint density at radius 1 is 1.36 bits per heavy atom. The third kappa shape index (κ3) is 4.50. The topological polar surface area (TPSA) is 52.8 Å². The molecular weight excluding hydrogens is 276 g/mol. The average Bonchev–Trinajstić information content (AvgIpc) is 3.18. The number of rotatable bonds is 6. The van der Waals surface area contributed by atoms with Gasteiger partial charge in [-0.2, -0.15) is 0 Å². The molecule has 1 aromatic heterocycles. The normalized spacial score (nSPS) is 19.2. The van der Waals surface area contributed by atoms with Crippen LogP contribution in [0.2, 0.25) is 0 Å². The lowest BCUT2D eigenvalue weighted by atomic mass is 10.2. The van der Waals surface area contributed by atoms with Crippen molar-refractivity contribution in [1.82, 2.24) is 15.5 Å². The van der Waals surface area contributed by atoms with Gasteiger partial charge in [0.05, 0.1) is 6.04 Å². The molecular formula is C17H30N4O. The van der Waals surface area contributed by atoms with Crippen LogP contribution < -0.4 is 10.6 Å². The molecule has 0 aromatic carbocycles. The highest BCUT2D eigenvalue weighted by Crippen LogP contribution is 2.26. The maximum absolute atomic E-state index is 5.88. The fourth-order valence-corrected chi connectivity index (χ4v) is 2.82. The fraction of sp³-hybridized carbons (Fsp3) is 0.706. The minimum absolute atomic E-state index is 0.270. The number of guanidine groups is 1. The van der Waals surface area contributed by atoms with Gasteiger partial charge in [-0.25, -0.2) is 0 Å². The van der Waals surface area contributed by atoms with Gasteiger partial charge in [-0.3, -0.25) is 9.89 Å². The summed E-state index contributed by atoms with van der Waals surface area (Å²) in [5, 5.41) is 6.87. The summed E-state index contributed by atoms with van der Waals surface area (Å²) in [6.07, 6.45) is 3.62. The zero-order valence-corrected chi connectivity index (χ0v) is 14.4. The molecule has 2 N–H and O–H groups in total. The number of nitrogens with one attached hydrogen (secondary N) is 2. The number of furan rings is 1. The van der Waals surface area contributed by atoms with Crippen molar-refractivity contribution in [3.05, 3.63) is 23.7 Å². The molecule has 0 amide bonds. The van der Waals surface area contributed by atoms with Gasteiger partial charge in [0.25, 0.3) is 0 Å². The van der Waals surface area contributed by atoms with E-state index in [0.717, 1.165) is 43.5 Å². The van der Waals surface area contributed by atoms with Crippen molar-refractivity contribution in [2.75, 3.05) is 26.7 Å². The number of hydrogen-bond donors (Lipinski definition) is 2. The number of hydrogen-bond acceptors (Lipinski definition) is 3. The molecule has 2 unspecified atom stereocenters. The van der Waals surface area contributed by atoms with Crippen molar-refractivity contribution in [1.29, 1.82) is 0 Å². The number of likely N-dealkylation sites (tertiary alicyclic amines) is 1. The molecule has 5 nitrogen and oxygen atoms in total. The van der Waals surface area contributed by atoms with Gasteiger partial charge >= 0.3 is 0 Å². The third-order valence-electron chi connectivity index (χ3n) is 4.35. The van der Waals surface area contributed by atoms with Crippen LogP contribution in [-0.2, 0) is 0 Å². The molecule has 1 aliphatic rings. The highest BCUT2D eigenvalue weighted by molar-refractivity contribution is 5.79. The van der Waals surface area contributed by atoms with Crippen molar-refractivity contribution in [2.45, 2.75) is 52.1 Å². The summed E-state index contributed by atoms with van der Waals surface area (Å²) < 4.78 is 5.88. The minimum Gasteiger partial charge on any atom is -0.465 e. The van der Waals surface area contributed by atoms with Gasteiger partial charge in [0.1, 0.15) is 11.5 Å². The van der Waals surface area contributed by atoms with Gasteiger partial charge in [-0.05, 0) is 58.3 Å².